The normalized spacial score (nSPS) is 15.4. The number of rotatable bonds is 5. The van der Waals surface area contributed by atoms with Crippen molar-refractivity contribution < 1.29 is 0 Å². The molecule has 0 unspecified atom stereocenters. The van der Waals surface area contributed by atoms with Gasteiger partial charge in [0.2, 0.25) is 0 Å². The predicted octanol–water partition coefficient (Wildman–Crippen LogP) is 3.17. The van der Waals surface area contributed by atoms with E-state index in [1.165, 1.54) is 27.6 Å². The zero-order valence-electron chi connectivity index (χ0n) is 14.0. The van der Waals surface area contributed by atoms with Gasteiger partial charge < -0.3 is 15.5 Å². The number of nitrogens with one attached hydrogen (secondary N) is 2. The highest BCUT2D eigenvalue weighted by Crippen LogP contribution is 2.19. The Labute approximate surface area is 152 Å². The minimum atomic E-state index is 0.778. The lowest BCUT2D eigenvalue weighted by Crippen LogP contribution is -2.36. The second-order valence-corrected chi connectivity index (χ2v) is 7.88. The molecule has 4 nitrogen and oxygen atoms in total. The average molecular weight is 361 g/mol. The highest BCUT2D eigenvalue weighted by molar-refractivity contribution is 7.99. The second-order valence-electron chi connectivity index (χ2n) is 5.62. The Kier molecular flexibility index (Phi) is 6.43. The standard InChI is InChI=1S/C18H24N4S2/c1-19-18(21-14-17-3-2-10-24-17)20-13-15-4-6-16(7-5-15)22-8-11-23-12-9-22/h2-7,10H,8-9,11-14H2,1H3,(H2,19,20,21). The fraction of sp³-hybridized carbons (Fsp3) is 0.389. The van der Waals surface area contributed by atoms with Gasteiger partial charge >= 0.3 is 0 Å². The summed E-state index contributed by atoms with van der Waals surface area (Å²) in [6.45, 7) is 3.90. The zero-order valence-corrected chi connectivity index (χ0v) is 15.6. The molecule has 0 aliphatic carbocycles. The molecule has 0 bridgehead atoms. The number of anilines is 1. The molecular formula is C18H24N4S2. The minimum Gasteiger partial charge on any atom is -0.370 e. The smallest absolute Gasteiger partial charge is 0.191 e. The quantitative estimate of drug-likeness (QED) is 0.635. The highest BCUT2D eigenvalue weighted by Gasteiger charge is 2.10. The van der Waals surface area contributed by atoms with Crippen LogP contribution in [0.15, 0.2) is 46.8 Å². The number of nitrogens with zero attached hydrogens (tertiary/aromatic N) is 2. The summed E-state index contributed by atoms with van der Waals surface area (Å²) in [7, 11) is 1.81. The van der Waals surface area contributed by atoms with E-state index in [1.54, 1.807) is 18.4 Å². The first-order valence-electron chi connectivity index (χ1n) is 8.23. The zero-order chi connectivity index (χ0) is 16.6. The second kappa shape index (κ2) is 8.99. The number of thioether (sulfide) groups is 1. The summed E-state index contributed by atoms with van der Waals surface area (Å²) in [5, 5.41) is 8.81. The van der Waals surface area contributed by atoms with Crippen LogP contribution in [0.25, 0.3) is 0 Å². The van der Waals surface area contributed by atoms with E-state index >= 15 is 0 Å². The van der Waals surface area contributed by atoms with Crippen LogP contribution in [0.3, 0.4) is 0 Å². The summed E-state index contributed by atoms with van der Waals surface area (Å²) in [6.07, 6.45) is 0. The first kappa shape index (κ1) is 17.2. The summed E-state index contributed by atoms with van der Waals surface area (Å²) >= 11 is 3.80. The van der Waals surface area contributed by atoms with Crippen molar-refractivity contribution in [1.82, 2.24) is 10.6 Å². The molecule has 1 fully saturated rings. The van der Waals surface area contributed by atoms with Gasteiger partial charge in [-0.05, 0) is 29.1 Å². The lowest BCUT2D eigenvalue weighted by molar-refractivity contribution is 0.814. The van der Waals surface area contributed by atoms with E-state index in [0.717, 1.165) is 32.1 Å². The fourth-order valence-corrected chi connectivity index (χ4v) is 4.18. The van der Waals surface area contributed by atoms with Gasteiger partial charge in [-0.15, -0.1) is 11.3 Å². The molecule has 3 rings (SSSR count). The highest BCUT2D eigenvalue weighted by atomic mass is 32.2. The molecule has 1 aliphatic heterocycles. The Morgan fingerprint density at radius 3 is 2.50 bits per heavy atom. The van der Waals surface area contributed by atoms with E-state index < -0.39 is 0 Å². The third-order valence-corrected chi connectivity index (χ3v) is 5.83. The summed E-state index contributed by atoms with van der Waals surface area (Å²) in [6, 6.07) is 13.1. The molecular weight excluding hydrogens is 336 g/mol. The van der Waals surface area contributed by atoms with Gasteiger partial charge in [-0.1, -0.05) is 18.2 Å². The van der Waals surface area contributed by atoms with Crippen LogP contribution in [0.5, 0.6) is 0 Å². The topological polar surface area (TPSA) is 39.7 Å². The molecule has 1 saturated heterocycles. The van der Waals surface area contributed by atoms with Crippen LogP contribution in [-0.4, -0.2) is 37.6 Å². The minimum absolute atomic E-state index is 0.778. The van der Waals surface area contributed by atoms with Gasteiger partial charge in [0.05, 0.1) is 6.54 Å². The van der Waals surface area contributed by atoms with Gasteiger partial charge in [0.25, 0.3) is 0 Å². The monoisotopic (exact) mass is 360 g/mol. The molecule has 2 aromatic rings. The predicted molar refractivity (Wildman–Crippen MR) is 107 cm³/mol. The largest absolute Gasteiger partial charge is 0.370 e. The molecule has 0 radical (unpaired) electrons. The van der Waals surface area contributed by atoms with Crippen LogP contribution in [-0.2, 0) is 13.1 Å². The molecule has 1 aromatic carbocycles. The van der Waals surface area contributed by atoms with Crippen LogP contribution < -0.4 is 15.5 Å². The molecule has 24 heavy (non-hydrogen) atoms. The van der Waals surface area contributed by atoms with Crippen molar-refractivity contribution in [3.8, 4) is 0 Å². The molecule has 2 heterocycles. The maximum Gasteiger partial charge on any atom is 0.191 e. The molecule has 1 aromatic heterocycles. The Morgan fingerprint density at radius 2 is 1.83 bits per heavy atom. The van der Waals surface area contributed by atoms with Crippen LogP contribution >= 0.6 is 23.1 Å². The van der Waals surface area contributed by atoms with Crippen LogP contribution in [0.2, 0.25) is 0 Å². The number of hydrogen-bond donors (Lipinski definition) is 2. The average Bonchev–Trinajstić information content (AvgIpc) is 3.17. The van der Waals surface area contributed by atoms with E-state index in [9.17, 15) is 0 Å². The maximum atomic E-state index is 4.28. The Bertz CT molecular complexity index is 632. The Hall–Kier alpha value is -1.66. The van der Waals surface area contributed by atoms with Crippen molar-refractivity contribution in [2.45, 2.75) is 13.1 Å². The molecule has 0 amide bonds. The van der Waals surface area contributed by atoms with Crippen molar-refractivity contribution >= 4 is 34.7 Å². The van der Waals surface area contributed by atoms with E-state index in [4.69, 9.17) is 0 Å². The third kappa shape index (κ3) is 4.92. The number of hydrogen-bond acceptors (Lipinski definition) is 4. The SMILES string of the molecule is CN=C(NCc1ccc(N2CCSCC2)cc1)NCc1cccs1. The molecule has 2 N–H and O–H groups in total. The third-order valence-electron chi connectivity index (χ3n) is 4.01. The molecule has 1 aliphatic rings. The first-order chi connectivity index (χ1) is 11.8. The van der Waals surface area contributed by atoms with Gasteiger partial charge in [-0.2, -0.15) is 11.8 Å². The van der Waals surface area contributed by atoms with Crippen LogP contribution in [0.1, 0.15) is 10.4 Å². The molecule has 0 spiro atoms. The number of thiophene rings is 1. The van der Waals surface area contributed by atoms with Gasteiger partial charge in [0, 0.05) is 48.8 Å². The Balaban J connectivity index is 1.48. The maximum absolute atomic E-state index is 4.28. The van der Waals surface area contributed by atoms with Crippen LogP contribution in [0, 0.1) is 0 Å². The molecule has 128 valence electrons. The fourth-order valence-electron chi connectivity index (χ4n) is 2.64. The molecule has 6 heteroatoms. The van der Waals surface area contributed by atoms with Crippen molar-refractivity contribution in [2.24, 2.45) is 4.99 Å². The number of aliphatic imine (C=N–C) groups is 1. The van der Waals surface area contributed by atoms with Gasteiger partial charge in [0.1, 0.15) is 0 Å². The molecule has 0 atom stereocenters. The van der Waals surface area contributed by atoms with Crippen molar-refractivity contribution in [3.63, 3.8) is 0 Å². The lowest BCUT2D eigenvalue weighted by atomic mass is 10.2. The van der Waals surface area contributed by atoms with Gasteiger partial charge in [-0.25, -0.2) is 0 Å². The van der Waals surface area contributed by atoms with E-state index in [0.29, 0.717) is 0 Å². The van der Waals surface area contributed by atoms with Crippen molar-refractivity contribution in [2.75, 3.05) is 36.5 Å². The van der Waals surface area contributed by atoms with E-state index in [1.807, 2.05) is 11.8 Å². The summed E-state index contributed by atoms with van der Waals surface area (Å²) in [4.78, 5) is 8.06. The molecule has 0 saturated carbocycles. The van der Waals surface area contributed by atoms with Crippen molar-refractivity contribution in [1.29, 1.82) is 0 Å². The lowest BCUT2D eigenvalue weighted by Gasteiger charge is -2.28. The number of benzene rings is 1. The Morgan fingerprint density at radius 1 is 1.08 bits per heavy atom. The number of guanidine groups is 1. The van der Waals surface area contributed by atoms with E-state index in [-0.39, 0.29) is 0 Å². The summed E-state index contributed by atoms with van der Waals surface area (Å²) in [5.74, 6) is 3.30. The summed E-state index contributed by atoms with van der Waals surface area (Å²) in [5.41, 5.74) is 2.60. The van der Waals surface area contributed by atoms with Crippen molar-refractivity contribution in [3.05, 3.63) is 52.2 Å². The van der Waals surface area contributed by atoms with E-state index in [2.05, 4.69) is 62.3 Å². The summed E-state index contributed by atoms with van der Waals surface area (Å²) < 4.78 is 0. The van der Waals surface area contributed by atoms with Gasteiger partial charge in [-0.3, -0.25) is 4.99 Å². The van der Waals surface area contributed by atoms with Crippen LogP contribution in [0.4, 0.5) is 5.69 Å². The first-order valence-corrected chi connectivity index (χ1v) is 10.3. The van der Waals surface area contributed by atoms with Gasteiger partial charge in [0.15, 0.2) is 5.96 Å².